The van der Waals surface area contributed by atoms with E-state index in [1.165, 1.54) is 19.1 Å². The van der Waals surface area contributed by atoms with Gasteiger partial charge in [0.2, 0.25) is 5.91 Å². The Kier molecular flexibility index (Phi) is 7.33. The lowest BCUT2D eigenvalue weighted by Gasteiger charge is -2.42. The van der Waals surface area contributed by atoms with E-state index in [9.17, 15) is 35.5 Å². The van der Waals surface area contributed by atoms with Crippen LogP contribution in [0.3, 0.4) is 0 Å². The van der Waals surface area contributed by atoms with Gasteiger partial charge in [-0.25, -0.2) is 4.39 Å². The minimum Gasteiger partial charge on any atom is -0.368 e. The van der Waals surface area contributed by atoms with Gasteiger partial charge in [0.05, 0.1) is 23.3 Å². The van der Waals surface area contributed by atoms with Crippen molar-refractivity contribution in [3.05, 3.63) is 70.5 Å². The number of hydrogen-bond acceptors (Lipinski definition) is 3. The van der Waals surface area contributed by atoms with Crippen molar-refractivity contribution in [2.45, 2.75) is 75.7 Å². The monoisotopic (exact) mass is 546 g/mol. The fourth-order valence-electron chi connectivity index (χ4n) is 5.52. The fraction of sp³-hybridized carbons (Fsp3) is 0.519. The van der Waals surface area contributed by atoms with Crippen molar-refractivity contribution in [1.29, 1.82) is 0 Å². The lowest BCUT2D eigenvalue weighted by molar-refractivity contribution is -0.143. The Morgan fingerprint density at radius 3 is 2.03 bits per heavy atom. The average Bonchev–Trinajstić information content (AvgIpc) is 3.16. The molecule has 2 fully saturated rings. The molecule has 4 nitrogen and oxygen atoms in total. The van der Waals surface area contributed by atoms with Gasteiger partial charge in [-0.05, 0) is 74.6 Å². The quantitative estimate of drug-likeness (QED) is 0.439. The number of benzene rings is 2. The molecule has 0 saturated carbocycles. The van der Waals surface area contributed by atoms with Crippen LogP contribution in [0.2, 0.25) is 0 Å². The van der Waals surface area contributed by atoms with E-state index in [0.717, 1.165) is 0 Å². The highest BCUT2D eigenvalue weighted by molar-refractivity contribution is 5.78. The number of halogens is 7. The van der Waals surface area contributed by atoms with Crippen LogP contribution >= 0.6 is 0 Å². The number of fused-ring (bicyclic) bond motifs is 1. The standard InChI is InChI=1S/C27H29F7N2O2/c1-14(16-8-18(26(29,30)31)10-19(9-16)27(32,33)34)38-22-13-36-21(11-17(12-23(36)37)25(2,3)35)24(22)15-4-6-20(28)7-5-15/h4-10,14,17,21-22,24H,11-13,35H2,1-3H3/t14-,17?,21?,22+,24?/m1/s1. The van der Waals surface area contributed by atoms with Crippen LogP contribution in [0.4, 0.5) is 30.7 Å². The fourth-order valence-corrected chi connectivity index (χ4v) is 5.52. The Morgan fingerprint density at radius 1 is 0.974 bits per heavy atom. The molecule has 2 aliphatic rings. The molecule has 1 amide bonds. The minimum absolute atomic E-state index is 0.0702. The summed E-state index contributed by atoms with van der Waals surface area (Å²) in [6.45, 7) is 5.12. The largest absolute Gasteiger partial charge is 0.416 e. The number of rotatable bonds is 5. The van der Waals surface area contributed by atoms with Crippen LogP contribution in [0.1, 0.15) is 67.9 Å². The Bertz CT molecular complexity index is 1140. The lowest BCUT2D eigenvalue weighted by atomic mass is 9.75. The Morgan fingerprint density at radius 2 is 1.53 bits per heavy atom. The normalized spacial score (nSPS) is 25.4. The van der Waals surface area contributed by atoms with E-state index < -0.39 is 53.0 Å². The van der Waals surface area contributed by atoms with Crippen molar-refractivity contribution in [3.8, 4) is 0 Å². The van der Waals surface area contributed by atoms with Crippen molar-refractivity contribution in [1.82, 2.24) is 4.90 Å². The van der Waals surface area contributed by atoms with Gasteiger partial charge in [0.15, 0.2) is 0 Å². The third-order valence-electron chi connectivity index (χ3n) is 7.62. The van der Waals surface area contributed by atoms with Crippen LogP contribution in [0.25, 0.3) is 0 Å². The number of nitrogens with zero attached hydrogens (tertiary/aromatic N) is 1. The van der Waals surface area contributed by atoms with E-state index in [0.29, 0.717) is 24.1 Å². The molecule has 0 bridgehead atoms. The molecule has 208 valence electrons. The number of hydrogen-bond donors (Lipinski definition) is 1. The first-order valence-electron chi connectivity index (χ1n) is 12.2. The molecule has 0 aromatic heterocycles. The van der Waals surface area contributed by atoms with Crippen LogP contribution in [0, 0.1) is 11.7 Å². The third kappa shape index (κ3) is 5.83. The van der Waals surface area contributed by atoms with Crippen molar-refractivity contribution in [2.24, 2.45) is 11.7 Å². The van der Waals surface area contributed by atoms with Crippen molar-refractivity contribution >= 4 is 5.91 Å². The summed E-state index contributed by atoms with van der Waals surface area (Å²) in [5.74, 6) is -1.28. The number of carbonyl (C=O) groups excluding carboxylic acids is 1. The molecule has 0 aliphatic carbocycles. The average molecular weight is 547 g/mol. The summed E-state index contributed by atoms with van der Waals surface area (Å²) in [7, 11) is 0. The first-order chi connectivity index (χ1) is 17.4. The maximum absolute atomic E-state index is 13.7. The van der Waals surface area contributed by atoms with Crippen LogP contribution in [0.5, 0.6) is 0 Å². The molecule has 0 radical (unpaired) electrons. The van der Waals surface area contributed by atoms with Gasteiger partial charge in [0, 0.05) is 30.5 Å². The molecule has 2 heterocycles. The molecule has 2 saturated heterocycles. The molecule has 38 heavy (non-hydrogen) atoms. The van der Waals surface area contributed by atoms with E-state index in [2.05, 4.69) is 0 Å². The van der Waals surface area contributed by atoms with Crippen LogP contribution in [-0.4, -0.2) is 35.0 Å². The van der Waals surface area contributed by atoms with Crippen molar-refractivity contribution in [2.75, 3.05) is 6.54 Å². The number of alkyl halides is 6. The maximum Gasteiger partial charge on any atom is 0.416 e. The van der Waals surface area contributed by atoms with E-state index >= 15 is 0 Å². The number of ether oxygens (including phenoxy) is 1. The summed E-state index contributed by atoms with van der Waals surface area (Å²) in [5, 5.41) is 0. The van der Waals surface area contributed by atoms with Gasteiger partial charge in [-0.1, -0.05) is 12.1 Å². The van der Waals surface area contributed by atoms with Gasteiger partial charge >= 0.3 is 12.4 Å². The zero-order valence-corrected chi connectivity index (χ0v) is 21.0. The third-order valence-corrected chi connectivity index (χ3v) is 7.62. The second-order valence-corrected chi connectivity index (χ2v) is 10.8. The topological polar surface area (TPSA) is 55.6 Å². The highest BCUT2D eigenvalue weighted by atomic mass is 19.4. The van der Waals surface area contributed by atoms with E-state index in [1.54, 1.807) is 17.0 Å². The molecule has 0 spiro atoms. The summed E-state index contributed by atoms with van der Waals surface area (Å²) in [6.07, 6.45) is -11.2. The zero-order valence-electron chi connectivity index (χ0n) is 21.0. The molecule has 2 aromatic carbocycles. The summed E-state index contributed by atoms with van der Waals surface area (Å²) >= 11 is 0. The first kappa shape index (κ1) is 28.4. The molecular weight excluding hydrogens is 517 g/mol. The van der Waals surface area contributed by atoms with E-state index in [4.69, 9.17) is 10.5 Å². The van der Waals surface area contributed by atoms with Gasteiger partial charge < -0.3 is 15.4 Å². The van der Waals surface area contributed by atoms with Gasteiger partial charge in [-0.3, -0.25) is 4.79 Å². The minimum atomic E-state index is -4.99. The summed E-state index contributed by atoms with van der Waals surface area (Å²) in [4.78, 5) is 14.7. The van der Waals surface area contributed by atoms with E-state index in [1.807, 2.05) is 13.8 Å². The molecule has 2 aliphatic heterocycles. The number of carbonyl (C=O) groups is 1. The molecular formula is C27H29F7N2O2. The summed E-state index contributed by atoms with van der Waals surface area (Å²) in [5.41, 5.74) is 3.16. The predicted molar refractivity (Wildman–Crippen MR) is 125 cm³/mol. The molecule has 2 N–H and O–H groups in total. The van der Waals surface area contributed by atoms with E-state index in [-0.39, 0.29) is 42.5 Å². The lowest BCUT2D eigenvalue weighted by Crippen LogP contribution is -2.52. The summed E-state index contributed by atoms with van der Waals surface area (Å²) in [6, 6.07) is 6.61. The number of piperidine rings is 1. The second-order valence-electron chi connectivity index (χ2n) is 10.8. The van der Waals surface area contributed by atoms with Crippen molar-refractivity contribution < 1.29 is 40.3 Å². The molecule has 2 aromatic rings. The number of amides is 1. The van der Waals surface area contributed by atoms with Crippen LogP contribution < -0.4 is 5.73 Å². The Labute approximate surface area is 215 Å². The molecule has 5 atom stereocenters. The highest BCUT2D eigenvalue weighted by Crippen LogP contribution is 2.46. The Hall–Kier alpha value is -2.66. The van der Waals surface area contributed by atoms with Crippen LogP contribution in [-0.2, 0) is 21.9 Å². The maximum atomic E-state index is 13.7. The Balaban J connectivity index is 1.70. The number of nitrogens with two attached hydrogens (primary N) is 1. The molecule has 11 heteroatoms. The highest BCUT2D eigenvalue weighted by Gasteiger charge is 2.51. The first-order valence-corrected chi connectivity index (χ1v) is 12.2. The van der Waals surface area contributed by atoms with Gasteiger partial charge in [0.25, 0.3) is 0 Å². The zero-order chi connectivity index (χ0) is 28.2. The molecule has 3 unspecified atom stereocenters. The smallest absolute Gasteiger partial charge is 0.368 e. The van der Waals surface area contributed by atoms with Gasteiger partial charge in [-0.15, -0.1) is 0 Å². The predicted octanol–water partition coefficient (Wildman–Crippen LogP) is 6.45. The second kappa shape index (κ2) is 9.82. The molecule has 4 rings (SSSR count). The van der Waals surface area contributed by atoms with Crippen LogP contribution in [0.15, 0.2) is 42.5 Å². The summed E-state index contributed by atoms with van der Waals surface area (Å²) < 4.78 is 100. The SMILES string of the molecule is C[C@@H](O[C@H]1CN2C(=O)CC(C(C)(C)N)CC2C1c1ccc(F)cc1)c1cc(C(F)(F)F)cc(C(F)(F)F)c1. The van der Waals surface area contributed by atoms with Gasteiger partial charge in [-0.2, -0.15) is 26.3 Å². The van der Waals surface area contributed by atoms with Gasteiger partial charge in [0.1, 0.15) is 5.82 Å². The van der Waals surface area contributed by atoms with Crippen molar-refractivity contribution in [3.63, 3.8) is 0 Å².